The molecule has 2 N–H and O–H groups in total. The van der Waals surface area contributed by atoms with Crippen molar-refractivity contribution >= 4 is 17.7 Å². The number of amides is 1. The molecule has 0 atom stereocenters. The van der Waals surface area contributed by atoms with Gasteiger partial charge < -0.3 is 10.4 Å². The molecule has 0 aliphatic heterocycles. The number of carbonyl (C=O) groups is 1. The number of nitrogens with one attached hydrogen (secondary N) is 1. The van der Waals surface area contributed by atoms with E-state index in [1.807, 2.05) is 11.8 Å². The molecule has 1 rings (SSSR count). The van der Waals surface area contributed by atoms with Crippen molar-refractivity contribution < 1.29 is 9.90 Å². The molecule has 1 saturated carbocycles. The molecule has 0 aromatic heterocycles. The maximum Gasteiger partial charge on any atom is 0.222 e. The number of aliphatic hydroxyl groups is 1. The SMILES string of the molecule is CC(C)CSCCCNC(=O)CC1(O)CCCCC1. The molecule has 19 heavy (non-hydrogen) atoms. The molecule has 0 saturated heterocycles. The van der Waals surface area contributed by atoms with Gasteiger partial charge in [-0.3, -0.25) is 4.79 Å². The van der Waals surface area contributed by atoms with Crippen molar-refractivity contribution in [3.8, 4) is 0 Å². The van der Waals surface area contributed by atoms with Crippen LogP contribution in [0, 0.1) is 5.92 Å². The molecular weight excluding hydrogens is 258 g/mol. The molecule has 1 aliphatic rings. The minimum Gasteiger partial charge on any atom is -0.389 e. The topological polar surface area (TPSA) is 49.3 Å². The molecule has 0 aromatic rings. The van der Waals surface area contributed by atoms with E-state index in [1.165, 1.54) is 12.2 Å². The number of carbonyl (C=O) groups excluding carboxylic acids is 1. The molecule has 1 aliphatic carbocycles. The summed E-state index contributed by atoms with van der Waals surface area (Å²) in [6.07, 6.45) is 6.16. The molecule has 0 heterocycles. The second-order valence-electron chi connectivity index (χ2n) is 6.13. The van der Waals surface area contributed by atoms with Gasteiger partial charge in [0.15, 0.2) is 0 Å². The van der Waals surface area contributed by atoms with Crippen LogP contribution in [0.25, 0.3) is 0 Å². The van der Waals surface area contributed by atoms with E-state index in [0.29, 0.717) is 0 Å². The third-order valence-corrected chi connectivity index (χ3v) is 4.99. The Labute approximate surface area is 121 Å². The lowest BCUT2D eigenvalue weighted by molar-refractivity contribution is -0.127. The van der Waals surface area contributed by atoms with Crippen molar-refractivity contribution in [1.82, 2.24) is 5.32 Å². The zero-order valence-electron chi connectivity index (χ0n) is 12.4. The van der Waals surface area contributed by atoms with Crippen LogP contribution in [0.5, 0.6) is 0 Å². The zero-order chi connectivity index (χ0) is 14.1. The summed E-state index contributed by atoms with van der Waals surface area (Å²) in [7, 11) is 0. The highest BCUT2D eigenvalue weighted by atomic mass is 32.2. The van der Waals surface area contributed by atoms with Crippen LogP contribution < -0.4 is 5.32 Å². The first-order valence-electron chi connectivity index (χ1n) is 7.59. The van der Waals surface area contributed by atoms with E-state index in [-0.39, 0.29) is 12.3 Å². The van der Waals surface area contributed by atoms with E-state index >= 15 is 0 Å². The Balaban J connectivity index is 2.04. The lowest BCUT2D eigenvalue weighted by atomic mass is 9.82. The molecule has 4 heteroatoms. The molecule has 3 nitrogen and oxygen atoms in total. The van der Waals surface area contributed by atoms with E-state index in [9.17, 15) is 9.90 Å². The summed E-state index contributed by atoms with van der Waals surface area (Å²) < 4.78 is 0. The normalized spacial score (nSPS) is 18.5. The highest BCUT2D eigenvalue weighted by Crippen LogP contribution is 2.30. The van der Waals surface area contributed by atoms with E-state index in [0.717, 1.165) is 50.3 Å². The van der Waals surface area contributed by atoms with E-state index in [1.54, 1.807) is 0 Å². The van der Waals surface area contributed by atoms with Crippen molar-refractivity contribution in [2.75, 3.05) is 18.1 Å². The second kappa shape index (κ2) is 8.85. The van der Waals surface area contributed by atoms with Crippen LogP contribution in [-0.4, -0.2) is 34.7 Å². The van der Waals surface area contributed by atoms with E-state index in [4.69, 9.17) is 0 Å². The van der Waals surface area contributed by atoms with Gasteiger partial charge in [0.05, 0.1) is 12.0 Å². The monoisotopic (exact) mass is 287 g/mol. The van der Waals surface area contributed by atoms with Crippen LogP contribution in [-0.2, 0) is 4.79 Å². The summed E-state index contributed by atoms with van der Waals surface area (Å²) >= 11 is 1.95. The number of hydrogen-bond donors (Lipinski definition) is 2. The lowest BCUT2D eigenvalue weighted by Gasteiger charge is -2.31. The van der Waals surface area contributed by atoms with Crippen LogP contribution >= 0.6 is 11.8 Å². The fraction of sp³-hybridized carbons (Fsp3) is 0.933. The lowest BCUT2D eigenvalue weighted by Crippen LogP contribution is -2.38. The van der Waals surface area contributed by atoms with E-state index < -0.39 is 5.60 Å². The molecule has 0 aromatic carbocycles. The highest BCUT2D eigenvalue weighted by Gasteiger charge is 2.31. The number of thioether (sulfide) groups is 1. The summed E-state index contributed by atoms with van der Waals surface area (Å²) in [6, 6.07) is 0. The first-order chi connectivity index (χ1) is 9.02. The van der Waals surface area contributed by atoms with Gasteiger partial charge >= 0.3 is 0 Å². The fourth-order valence-corrected chi connectivity index (χ4v) is 3.46. The average Bonchev–Trinajstić information content (AvgIpc) is 2.33. The van der Waals surface area contributed by atoms with Crippen molar-refractivity contribution in [3.63, 3.8) is 0 Å². The van der Waals surface area contributed by atoms with Gasteiger partial charge in [-0.2, -0.15) is 11.8 Å². The number of rotatable bonds is 8. The average molecular weight is 287 g/mol. The van der Waals surface area contributed by atoms with Gasteiger partial charge in [0.2, 0.25) is 5.91 Å². The Morgan fingerprint density at radius 2 is 2.00 bits per heavy atom. The molecule has 0 spiro atoms. The van der Waals surface area contributed by atoms with Crippen molar-refractivity contribution in [3.05, 3.63) is 0 Å². The molecule has 1 fully saturated rings. The minimum atomic E-state index is -0.727. The van der Waals surface area contributed by atoms with Crippen LogP contribution in [0.4, 0.5) is 0 Å². The highest BCUT2D eigenvalue weighted by molar-refractivity contribution is 7.99. The van der Waals surface area contributed by atoms with Crippen molar-refractivity contribution in [2.24, 2.45) is 5.92 Å². The van der Waals surface area contributed by atoms with Crippen molar-refractivity contribution in [2.45, 2.75) is 64.4 Å². The largest absolute Gasteiger partial charge is 0.389 e. The van der Waals surface area contributed by atoms with Gasteiger partial charge in [0, 0.05) is 6.54 Å². The van der Waals surface area contributed by atoms with Crippen molar-refractivity contribution in [1.29, 1.82) is 0 Å². The Kier molecular flexibility index (Phi) is 7.84. The Hall–Kier alpha value is -0.220. The summed E-state index contributed by atoms with van der Waals surface area (Å²) in [5.41, 5.74) is -0.727. The number of hydrogen-bond acceptors (Lipinski definition) is 3. The Bertz CT molecular complexity index is 263. The standard InChI is InChI=1S/C15H29NO2S/c1-13(2)12-19-10-6-9-16-14(17)11-15(18)7-4-3-5-8-15/h13,18H,3-12H2,1-2H3,(H,16,17). The zero-order valence-corrected chi connectivity index (χ0v) is 13.2. The minimum absolute atomic E-state index is 0.0123. The first-order valence-corrected chi connectivity index (χ1v) is 8.74. The first kappa shape index (κ1) is 16.8. The predicted molar refractivity (Wildman–Crippen MR) is 82.4 cm³/mol. The quantitative estimate of drug-likeness (QED) is 0.675. The van der Waals surface area contributed by atoms with Gasteiger partial charge in [-0.15, -0.1) is 0 Å². The Morgan fingerprint density at radius 3 is 2.63 bits per heavy atom. The van der Waals surface area contributed by atoms with Gasteiger partial charge in [-0.25, -0.2) is 0 Å². The van der Waals surface area contributed by atoms with Crippen LogP contribution in [0.15, 0.2) is 0 Å². The van der Waals surface area contributed by atoms with E-state index in [2.05, 4.69) is 19.2 Å². The maximum atomic E-state index is 11.8. The van der Waals surface area contributed by atoms with Crippen LogP contribution in [0.3, 0.4) is 0 Å². The molecule has 112 valence electrons. The van der Waals surface area contributed by atoms with Gasteiger partial charge in [0.1, 0.15) is 0 Å². The van der Waals surface area contributed by atoms with Gasteiger partial charge in [-0.05, 0) is 36.7 Å². The third-order valence-electron chi connectivity index (χ3n) is 3.51. The van der Waals surface area contributed by atoms with Crippen LogP contribution in [0.2, 0.25) is 0 Å². The van der Waals surface area contributed by atoms with Gasteiger partial charge in [0.25, 0.3) is 0 Å². The molecule has 1 amide bonds. The Morgan fingerprint density at radius 1 is 1.32 bits per heavy atom. The summed E-state index contributed by atoms with van der Waals surface area (Å²) in [5, 5.41) is 13.2. The van der Waals surface area contributed by atoms with Gasteiger partial charge in [-0.1, -0.05) is 33.1 Å². The molecule has 0 bridgehead atoms. The molecule has 0 unspecified atom stereocenters. The summed E-state index contributed by atoms with van der Waals surface area (Å²) in [4.78, 5) is 11.8. The molecule has 0 radical (unpaired) electrons. The fourth-order valence-electron chi connectivity index (χ4n) is 2.47. The maximum absolute atomic E-state index is 11.8. The van der Waals surface area contributed by atoms with Crippen LogP contribution in [0.1, 0.15) is 58.8 Å². The summed E-state index contributed by atoms with van der Waals surface area (Å²) in [5.74, 6) is 3.04. The third kappa shape index (κ3) is 7.83. The second-order valence-corrected chi connectivity index (χ2v) is 7.28. The smallest absolute Gasteiger partial charge is 0.222 e. The summed E-state index contributed by atoms with van der Waals surface area (Å²) in [6.45, 7) is 5.18. The predicted octanol–water partition coefficient (Wildman–Crippen LogP) is 2.97. The molecular formula is C15H29NO2S.